The van der Waals surface area contributed by atoms with Gasteiger partial charge in [0.1, 0.15) is 11.6 Å². The van der Waals surface area contributed by atoms with Crippen LogP contribution < -0.4 is 5.32 Å². The van der Waals surface area contributed by atoms with Crippen molar-refractivity contribution in [2.24, 2.45) is 0 Å². The van der Waals surface area contributed by atoms with Crippen molar-refractivity contribution in [2.45, 2.75) is 26.8 Å². The zero-order valence-corrected chi connectivity index (χ0v) is 11.7. The topological polar surface area (TPSA) is 37.8 Å². The van der Waals surface area contributed by atoms with Crippen molar-refractivity contribution >= 4 is 18.2 Å². The van der Waals surface area contributed by atoms with Crippen molar-refractivity contribution < 1.29 is 0 Å². The second kappa shape index (κ2) is 6.36. The molecule has 1 N–H and O–H groups in total. The van der Waals surface area contributed by atoms with Crippen molar-refractivity contribution in [1.82, 2.24) is 9.97 Å². The highest BCUT2D eigenvalue weighted by Crippen LogP contribution is 2.19. The van der Waals surface area contributed by atoms with Gasteiger partial charge >= 0.3 is 0 Å². The first-order valence-corrected chi connectivity index (χ1v) is 5.83. The smallest absolute Gasteiger partial charge is 0.130 e. The van der Waals surface area contributed by atoms with Crippen LogP contribution in [0.2, 0.25) is 0 Å². The molecule has 0 bridgehead atoms. The summed E-state index contributed by atoms with van der Waals surface area (Å²) in [5.74, 6) is 1.67. The molecule has 1 aromatic carbocycles. The number of hydrogen-bond acceptors (Lipinski definition) is 3. The molecule has 0 radical (unpaired) electrons. The highest BCUT2D eigenvalue weighted by Gasteiger charge is 2.04. The Balaban J connectivity index is 0.00000162. The van der Waals surface area contributed by atoms with Crippen molar-refractivity contribution in [3.63, 3.8) is 0 Å². The van der Waals surface area contributed by atoms with Crippen LogP contribution in [-0.4, -0.2) is 16.0 Å². The fourth-order valence-electron chi connectivity index (χ4n) is 1.69. The van der Waals surface area contributed by atoms with Gasteiger partial charge in [0.05, 0.1) is 5.69 Å². The molecule has 0 atom stereocenters. The van der Waals surface area contributed by atoms with E-state index in [0.29, 0.717) is 6.04 Å². The van der Waals surface area contributed by atoms with Crippen molar-refractivity contribution in [3.05, 3.63) is 42.2 Å². The number of halogens is 1. The zero-order chi connectivity index (χ0) is 12.3. The minimum atomic E-state index is 0. The van der Waals surface area contributed by atoms with E-state index in [1.807, 2.05) is 31.2 Å². The maximum Gasteiger partial charge on any atom is 0.130 e. The minimum absolute atomic E-state index is 0. The van der Waals surface area contributed by atoms with Crippen molar-refractivity contribution in [2.75, 3.05) is 5.32 Å². The second-order valence-electron chi connectivity index (χ2n) is 4.35. The third-order valence-corrected chi connectivity index (χ3v) is 2.34. The van der Waals surface area contributed by atoms with Crippen LogP contribution in [0, 0.1) is 6.92 Å². The summed E-state index contributed by atoms with van der Waals surface area (Å²) in [6, 6.07) is 12.5. The number of nitrogens with zero attached hydrogens (tertiary/aromatic N) is 2. The van der Waals surface area contributed by atoms with Gasteiger partial charge in [-0.2, -0.15) is 0 Å². The van der Waals surface area contributed by atoms with E-state index in [-0.39, 0.29) is 12.4 Å². The summed E-state index contributed by atoms with van der Waals surface area (Å²) in [7, 11) is 0. The van der Waals surface area contributed by atoms with Crippen LogP contribution in [0.25, 0.3) is 11.3 Å². The standard InChI is InChI=1S/C14H17N3.ClH/c1-10(2)15-14-9-13(16-11(3)17-14)12-7-5-4-6-8-12;/h4-10H,1-3H3,(H,15,16,17);1H. The number of aryl methyl sites for hydroxylation is 1. The molecule has 4 heteroatoms. The fraction of sp³-hybridized carbons (Fsp3) is 0.286. The molecule has 0 saturated carbocycles. The van der Waals surface area contributed by atoms with Crippen molar-refractivity contribution in [1.29, 1.82) is 0 Å². The van der Waals surface area contributed by atoms with Gasteiger partial charge < -0.3 is 5.32 Å². The number of aromatic nitrogens is 2. The van der Waals surface area contributed by atoms with Gasteiger partial charge in [-0.05, 0) is 20.8 Å². The summed E-state index contributed by atoms with van der Waals surface area (Å²) in [5.41, 5.74) is 2.08. The van der Waals surface area contributed by atoms with Gasteiger partial charge in [-0.3, -0.25) is 0 Å². The molecule has 2 rings (SSSR count). The Labute approximate surface area is 114 Å². The molecule has 96 valence electrons. The summed E-state index contributed by atoms with van der Waals surface area (Å²) in [6.07, 6.45) is 0. The van der Waals surface area contributed by atoms with E-state index >= 15 is 0 Å². The minimum Gasteiger partial charge on any atom is -0.368 e. The second-order valence-corrected chi connectivity index (χ2v) is 4.35. The molecular weight excluding hydrogens is 246 g/mol. The van der Waals surface area contributed by atoms with Gasteiger partial charge in [0, 0.05) is 17.7 Å². The van der Waals surface area contributed by atoms with E-state index < -0.39 is 0 Å². The van der Waals surface area contributed by atoms with Gasteiger partial charge in [0.15, 0.2) is 0 Å². The Bertz CT molecular complexity index is 498. The number of anilines is 1. The normalized spacial score (nSPS) is 10.0. The Morgan fingerprint density at radius 1 is 1.06 bits per heavy atom. The van der Waals surface area contributed by atoms with Gasteiger partial charge in [-0.1, -0.05) is 30.3 Å². The first-order chi connectivity index (χ1) is 8.15. The molecule has 3 nitrogen and oxygen atoms in total. The highest BCUT2D eigenvalue weighted by atomic mass is 35.5. The van der Waals surface area contributed by atoms with E-state index in [4.69, 9.17) is 0 Å². The largest absolute Gasteiger partial charge is 0.368 e. The molecular formula is C14H18ClN3. The third kappa shape index (κ3) is 3.70. The Morgan fingerprint density at radius 2 is 1.72 bits per heavy atom. The van der Waals surface area contributed by atoms with Gasteiger partial charge in [0.25, 0.3) is 0 Å². The molecule has 0 aliphatic carbocycles. The summed E-state index contributed by atoms with van der Waals surface area (Å²) in [6.45, 7) is 6.11. The van der Waals surface area contributed by atoms with Crippen LogP contribution in [0.4, 0.5) is 5.82 Å². The lowest BCUT2D eigenvalue weighted by atomic mass is 10.1. The molecule has 0 spiro atoms. The van der Waals surface area contributed by atoms with E-state index in [1.54, 1.807) is 0 Å². The molecule has 1 aromatic heterocycles. The van der Waals surface area contributed by atoms with E-state index in [0.717, 1.165) is 22.9 Å². The van der Waals surface area contributed by atoms with Crippen molar-refractivity contribution in [3.8, 4) is 11.3 Å². The first-order valence-electron chi connectivity index (χ1n) is 5.83. The predicted octanol–water partition coefficient (Wildman–Crippen LogP) is 3.69. The van der Waals surface area contributed by atoms with Crippen LogP contribution in [0.3, 0.4) is 0 Å². The van der Waals surface area contributed by atoms with Gasteiger partial charge in [-0.15, -0.1) is 12.4 Å². The summed E-state index contributed by atoms with van der Waals surface area (Å²) < 4.78 is 0. The molecule has 0 saturated heterocycles. The number of nitrogens with one attached hydrogen (secondary N) is 1. The molecule has 2 aromatic rings. The molecule has 18 heavy (non-hydrogen) atoms. The number of benzene rings is 1. The Kier molecular flexibility index (Phi) is 5.10. The highest BCUT2D eigenvalue weighted by molar-refractivity contribution is 5.85. The lowest BCUT2D eigenvalue weighted by Crippen LogP contribution is -2.12. The lowest BCUT2D eigenvalue weighted by Gasteiger charge is -2.11. The van der Waals surface area contributed by atoms with Gasteiger partial charge in [0.2, 0.25) is 0 Å². The summed E-state index contributed by atoms with van der Waals surface area (Å²) in [5, 5.41) is 3.30. The quantitative estimate of drug-likeness (QED) is 0.918. The SMILES string of the molecule is Cc1nc(NC(C)C)cc(-c2ccccc2)n1.Cl. The molecule has 0 fully saturated rings. The molecule has 0 aliphatic heterocycles. The molecule has 0 aliphatic rings. The number of hydrogen-bond donors (Lipinski definition) is 1. The van der Waals surface area contributed by atoms with Crippen LogP contribution >= 0.6 is 12.4 Å². The Hall–Kier alpha value is -1.61. The summed E-state index contributed by atoms with van der Waals surface area (Å²) in [4.78, 5) is 8.84. The van der Waals surface area contributed by atoms with E-state index in [2.05, 4.69) is 41.3 Å². The third-order valence-electron chi connectivity index (χ3n) is 2.34. The molecule has 0 amide bonds. The van der Waals surface area contributed by atoms with Crippen LogP contribution in [0.15, 0.2) is 36.4 Å². The average Bonchev–Trinajstić information content (AvgIpc) is 2.28. The first kappa shape index (κ1) is 14.5. The van der Waals surface area contributed by atoms with E-state index in [1.165, 1.54) is 0 Å². The van der Waals surface area contributed by atoms with Crippen LogP contribution in [-0.2, 0) is 0 Å². The maximum absolute atomic E-state index is 4.46. The number of rotatable bonds is 3. The van der Waals surface area contributed by atoms with Gasteiger partial charge in [-0.25, -0.2) is 9.97 Å². The van der Waals surface area contributed by atoms with Crippen LogP contribution in [0.5, 0.6) is 0 Å². The monoisotopic (exact) mass is 263 g/mol. The predicted molar refractivity (Wildman–Crippen MR) is 78.2 cm³/mol. The maximum atomic E-state index is 4.46. The average molecular weight is 264 g/mol. The van der Waals surface area contributed by atoms with Crippen LogP contribution in [0.1, 0.15) is 19.7 Å². The summed E-state index contributed by atoms with van der Waals surface area (Å²) >= 11 is 0. The Morgan fingerprint density at radius 3 is 2.33 bits per heavy atom. The molecule has 1 heterocycles. The zero-order valence-electron chi connectivity index (χ0n) is 10.8. The molecule has 0 unspecified atom stereocenters. The lowest BCUT2D eigenvalue weighted by molar-refractivity contribution is 0.881. The van der Waals surface area contributed by atoms with E-state index in [9.17, 15) is 0 Å². The fourth-order valence-corrected chi connectivity index (χ4v) is 1.69.